The van der Waals surface area contributed by atoms with Gasteiger partial charge in [0.15, 0.2) is 0 Å². The lowest BCUT2D eigenvalue weighted by Gasteiger charge is -2.42. The Morgan fingerprint density at radius 1 is 1.25 bits per heavy atom. The van der Waals surface area contributed by atoms with Crippen LogP contribution in [0.1, 0.15) is 11.1 Å². The molecule has 1 fully saturated rings. The van der Waals surface area contributed by atoms with Crippen LogP contribution in [-0.4, -0.2) is 23.7 Å². The van der Waals surface area contributed by atoms with E-state index in [-0.39, 0.29) is 5.54 Å². The van der Waals surface area contributed by atoms with Crippen molar-refractivity contribution in [1.29, 1.82) is 0 Å². The quantitative estimate of drug-likeness (QED) is 0.881. The molecule has 3 nitrogen and oxygen atoms in total. The van der Waals surface area contributed by atoms with Gasteiger partial charge in [0.25, 0.3) is 0 Å². The lowest BCUT2D eigenvalue weighted by atomic mass is 9.88. The summed E-state index contributed by atoms with van der Waals surface area (Å²) < 4.78 is 31.9. The average molecular weight is 278 g/mol. The minimum absolute atomic E-state index is 0.268. The normalized spacial score (nSPS) is 16.9. The molecule has 1 aromatic heterocycles. The third-order valence-electron chi connectivity index (χ3n) is 3.63. The van der Waals surface area contributed by atoms with Gasteiger partial charge < -0.3 is 15.0 Å². The Labute approximate surface area is 116 Å². The third-order valence-corrected chi connectivity index (χ3v) is 3.63. The van der Waals surface area contributed by atoms with Crippen molar-refractivity contribution in [2.45, 2.75) is 18.5 Å². The van der Waals surface area contributed by atoms with Gasteiger partial charge in [-0.25, -0.2) is 8.78 Å². The molecule has 0 aliphatic carbocycles. The van der Waals surface area contributed by atoms with E-state index < -0.39 is 11.6 Å². The zero-order chi connectivity index (χ0) is 14.0. The van der Waals surface area contributed by atoms with E-state index in [1.165, 1.54) is 12.1 Å². The predicted octanol–water partition coefficient (Wildman–Crippen LogP) is 2.39. The molecule has 5 heteroatoms. The van der Waals surface area contributed by atoms with Crippen molar-refractivity contribution in [2.75, 3.05) is 13.2 Å². The van der Waals surface area contributed by atoms with Crippen LogP contribution in [0.5, 0.6) is 0 Å². The van der Waals surface area contributed by atoms with Crippen molar-refractivity contribution in [2.24, 2.45) is 0 Å². The van der Waals surface area contributed by atoms with Gasteiger partial charge in [-0.15, -0.1) is 0 Å². The molecule has 0 amide bonds. The summed E-state index contributed by atoms with van der Waals surface area (Å²) in [4.78, 5) is 2.99. The lowest BCUT2D eigenvalue weighted by molar-refractivity contribution is -0.0752. The lowest BCUT2D eigenvalue weighted by Crippen LogP contribution is -2.61. The van der Waals surface area contributed by atoms with E-state index in [0.29, 0.717) is 31.7 Å². The minimum Gasteiger partial charge on any atom is -0.377 e. The van der Waals surface area contributed by atoms with Crippen LogP contribution in [0.15, 0.2) is 36.7 Å². The van der Waals surface area contributed by atoms with E-state index in [4.69, 9.17) is 4.74 Å². The number of aromatic nitrogens is 1. The van der Waals surface area contributed by atoms with Crippen LogP contribution in [0.3, 0.4) is 0 Å². The SMILES string of the molecule is Fc1ccc(CC2(NCc3cc[nH]c3)COC2)c(F)c1. The molecular formula is C15H16F2N2O. The summed E-state index contributed by atoms with van der Waals surface area (Å²) in [7, 11) is 0. The number of rotatable bonds is 5. The molecule has 2 heterocycles. The van der Waals surface area contributed by atoms with E-state index in [2.05, 4.69) is 10.3 Å². The summed E-state index contributed by atoms with van der Waals surface area (Å²) in [5.74, 6) is -1.05. The molecule has 0 spiro atoms. The third kappa shape index (κ3) is 2.73. The van der Waals surface area contributed by atoms with E-state index >= 15 is 0 Å². The molecule has 3 rings (SSSR count). The molecule has 106 valence electrons. The second-order valence-electron chi connectivity index (χ2n) is 5.26. The first-order chi connectivity index (χ1) is 9.67. The monoisotopic (exact) mass is 278 g/mol. The zero-order valence-electron chi connectivity index (χ0n) is 11.0. The van der Waals surface area contributed by atoms with E-state index in [1.807, 2.05) is 18.5 Å². The van der Waals surface area contributed by atoms with Crippen LogP contribution in [-0.2, 0) is 17.7 Å². The van der Waals surface area contributed by atoms with Gasteiger partial charge in [0, 0.05) is 25.0 Å². The number of aromatic amines is 1. The maximum Gasteiger partial charge on any atom is 0.129 e. The number of halogens is 2. The largest absolute Gasteiger partial charge is 0.377 e. The molecule has 0 saturated carbocycles. The van der Waals surface area contributed by atoms with Crippen LogP contribution >= 0.6 is 0 Å². The summed E-state index contributed by atoms with van der Waals surface area (Å²) in [6.45, 7) is 1.76. The number of ether oxygens (including phenoxy) is 1. The van der Waals surface area contributed by atoms with Crippen LogP contribution < -0.4 is 5.32 Å². The number of H-pyrrole nitrogens is 1. The Morgan fingerprint density at radius 3 is 2.70 bits per heavy atom. The van der Waals surface area contributed by atoms with E-state index in [0.717, 1.165) is 11.6 Å². The Bertz CT molecular complexity index is 580. The first kappa shape index (κ1) is 13.3. The van der Waals surface area contributed by atoms with Crippen LogP contribution in [0.2, 0.25) is 0 Å². The van der Waals surface area contributed by atoms with Gasteiger partial charge >= 0.3 is 0 Å². The van der Waals surface area contributed by atoms with Crippen molar-refractivity contribution in [3.63, 3.8) is 0 Å². The zero-order valence-corrected chi connectivity index (χ0v) is 11.0. The van der Waals surface area contributed by atoms with Gasteiger partial charge in [-0.1, -0.05) is 6.07 Å². The summed E-state index contributed by atoms with van der Waals surface area (Å²) in [5, 5.41) is 3.42. The van der Waals surface area contributed by atoms with Gasteiger partial charge in [0.1, 0.15) is 11.6 Å². The number of hydrogen-bond donors (Lipinski definition) is 2. The second-order valence-corrected chi connectivity index (χ2v) is 5.26. The highest BCUT2D eigenvalue weighted by Gasteiger charge is 2.38. The fourth-order valence-electron chi connectivity index (χ4n) is 2.40. The Balaban J connectivity index is 1.69. The van der Waals surface area contributed by atoms with Crippen LogP contribution in [0, 0.1) is 11.6 Å². The maximum absolute atomic E-state index is 13.7. The Morgan fingerprint density at radius 2 is 2.10 bits per heavy atom. The fraction of sp³-hybridized carbons (Fsp3) is 0.333. The van der Waals surface area contributed by atoms with E-state index in [1.54, 1.807) is 0 Å². The highest BCUT2D eigenvalue weighted by molar-refractivity contribution is 5.22. The predicted molar refractivity (Wildman–Crippen MR) is 71.2 cm³/mol. The molecule has 2 aromatic rings. The van der Waals surface area contributed by atoms with Gasteiger partial charge in [-0.3, -0.25) is 0 Å². The molecule has 0 atom stereocenters. The summed E-state index contributed by atoms with van der Waals surface area (Å²) in [6, 6.07) is 5.70. The minimum atomic E-state index is -0.551. The number of nitrogens with one attached hydrogen (secondary N) is 2. The van der Waals surface area contributed by atoms with Crippen molar-refractivity contribution < 1.29 is 13.5 Å². The molecular weight excluding hydrogens is 262 g/mol. The number of benzene rings is 1. The molecule has 0 bridgehead atoms. The molecule has 2 N–H and O–H groups in total. The summed E-state index contributed by atoms with van der Waals surface area (Å²) in [5.41, 5.74) is 1.38. The standard InChI is InChI=1S/C15H16F2N2O/c16-13-2-1-12(14(17)5-13)6-15(9-20-10-15)19-8-11-3-4-18-7-11/h1-5,7,18-19H,6,8-10H2. The highest BCUT2D eigenvalue weighted by Crippen LogP contribution is 2.24. The molecule has 20 heavy (non-hydrogen) atoms. The maximum atomic E-state index is 13.7. The molecule has 1 aliphatic heterocycles. The first-order valence-corrected chi connectivity index (χ1v) is 6.55. The topological polar surface area (TPSA) is 37.0 Å². The van der Waals surface area contributed by atoms with Crippen LogP contribution in [0.4, 0.5) is 8.78 Å². The van der Waals surface area contributed by atoms with Crippen molar-refractivity contribution >= 4 is 0 Å². The summed E-state index contributed by atoms with van der Waals surface area (Å²) in [6.07, 6.45) is 4.27. The van der Waals surface area contributed by atoms with Crippen molar-refractivity contribution in [1.82, 2.24) is 10.3 Å². The summed E-state index contributed by atoms with van der Waals surface area (Å²) >= 11 is 0. The molecule has 1 aromatic carbocycles. The smallest absolute Gasteiger partial charge is 0.129 e. The van der Waals surface area contributed by atoms with Gasteiger partial charge in [0.2, 0.25) is 0 Å². The van der Waals surface area contributed by atoms with Crippen molar-refractivity contribution in [3.05, 3.63) is 59.4 Å². The van der Waals surface area contributed by atoms with Crippen molar-refractivity contribution in [3.8, 4) is 0 Å². The van der Waals surface area contributed by atoms with Gasteiger partial charge in [0.05, 0.1) is 18.8 Å². The fourth-order valence-corrected chi connectivity index (χ4v) is 2.40. The van der Waals surface area contributed by atoms with Gasteiger partial charge in [-0.2, -0.15) is 0 Å². The Kier molecular flexibility index (Phi) is 3.54. The Hall–Kier alpha value is -1.72. The molecule has 1 saturated heterocycles. The second kappa shape index (κ2) is 5.34. The van der Waals surface area contributed by atoms with Gasteiger partial charge in [-0.05, 0) is 29.7 Å². The first-order valence-electron chi connectivity index (χ1n) is 6.55. The molecule has 1 aliphatic rings. The average Bonchev–Trinajstić information content (AvgIpc) is 2.88. The molecule has 0 radical (unpaired) electrons. The van der Waals surface area contributed by atoms with E-state index in [9.17, 15) is 8.78 Å². The van der Waals surface area contributed by atoms with Crippen LogP contribution in [0.25, 0.3) is 0 Å². The molecule has 0 unspecified atom stereocenters. The number of hydrogen-bond acceptors (Lipinski definition) is 2. The highest BCUT2D eigenvalue weighted by atomic mass is 19.1.